The van der Waals surface area contributed by atoms with Crippen LogP contribution >= 0.6 is 0 Å². The van der Waals surface area contributed by atoms with E-state index in [0.29, 0.717) is 0 Å². The predicted octanol–water partition coefficient (Wildman–Crippen LogP) is 1.21. The molecule has 4 N–H and O–H groups in total. The highest BCUT2D eigenvalue weighted by Crippen LogP contribution is 2.29. The normalized spacial score (nSPS) is 10.6. The van der Waals surface area contributed by atoms with E-state index in [2.05, 4.69) is 10.9 Å². The third-order valence-electron chi connectivity index (χ3n) is 4.30. The molecule has 0 unspecified atom stereocenters. The minimum absolute atomic E-state index is 0.129. The quantitative estimate of drug-likeness (QED) is 0.296. The van der Waals surface area contributed by atoms with E-state index in [4.69, 9.17) is 18.0 Å². The zero-order chi connectivity index (χ0) is 21.3. The number of nitrogens with zero attached hydrogens (tertiary/aromatic N) is 4. The third kappa shape index (κ3) is 3.35. The van der Waals surface area contributed by atoms with Crippen LogP contribution in [-0.4, -0.2) is 14.1 Å². The van der Waals surface area contributed by atoms with Crippen LogP contribution in [0.4, 0.5) is 25.8 Å². The zero-order valence-electron chi connectivity index (χ0n) is 15.3. The van der Waals surface area contributed by atoms with Crippen LogP contribution in [0.5, 0.6) is 0 Å². The average molecular weight is 398 g/mol. The molecule has 0 fully saturated rings. The molecule has 0 amide bonds. The van der Waals surface area contributed by atoms with Crippen LogP contribution in [0, 0.1) is 30.9 Å². The molecule has 8 nitrogen and oxygen atoms in total. The Morgan fingerprint density at radius 2 is 1.97 bits per heavy atom. The Kier molecular flexibility index (Phi) is 5.16. The summed E-state index contributed by atoms with van der Waals surface area (Å²) in [4.78, 5) is 30.0. The molecular formula is C19H16F2N6O2. The molecule has 0 saturated carbocycles. The van der Waals surface area contributed by atoms with Crippen LogP contribution in [-0.2, 0) is 6.54 Å². The minimum atomic E-state index is -1.20. The van der Waals surface area contributed by atoms with E-state index in [9.17, 15) is 18.4 Å². The van der Waals surface area contributed by atoms with Gasteiger partial charge in [-0.25, -0.2) is 24.0 Å². The second kappa shape index (κ2) is 7.57. The predicted molar refractivity (Wildman–Crippen MR) is 105 cm³/mol. The maximum atomic E-state index is 13.8. The van der Waals surface area contributed by atoms with E-state index in [0.717, 1.165) is 26.3 Å². The molecule has 3 aromatic rings. The molecule has 0 aliphatic carbocycles. The SMILES string of the molecule is C#CCn1c(C)c(N(N)c2cc(F)c(F)cc2N)c(=O)n(-c2cccnc2)c1=O. The highest BCUT2D eigenvalue weighted by atomic mass is 19.2. The fraction of sp³-hybridized carbons (Fsp3) is 0.105. The fourth-order valence-corrected chi connectivity index (χ4v) is 2.89. The van der Waals surface area contributed by atoms with Gasteiger partial charge in [-0.15, -0.1) is 6.42 Å². The van der Waals surface area contributed by atoms with Crippen molar-refractivity contribution >= 4 is 17.1 Å². The Labute approximate surface area is 163 Å². The first kappa shape index (κ1) is 19.8. The number of aromatic nitrogens is 3. The summed E-state index contributed by atoms with van der Waals surface area (Å²) in [5.74, 6) is 6.04. The van der Waals surface area contributed by atoms with Crippen molar-refractivity contribution in [3.05, 3.63) is 74.8 Å². The lowest BCUT2D eigenvalue weighted by Gasteiger charge is -2.24. The molecule has 1 aromatic carbocycles. The van der Waals surface area contributed by atoms with Gasteiger partial charge in [0, 0.05) is 18.3 Å². The standard InChI is InChI=1S/C19H16F2N6O2/c1-3-7-25-11(2)17(27(23)16-9-14(21)13(20)8-15(16)22)18(28)26(19(25)29)12-5-4-6-24-10-12/h1,4-6,8-10H,7,22-23H2,2H3. The van der Waals surface area contributed by atoms with Crippen molar-refractivity contribution in [1.82, 2.24) is 14.1 Å². The van der Waals surface area contributed by atoms with Crippen molar-refractivity contribution in [1.29, 1.82) is 0 Å². The number of rotatable bonds is 4. The molecule has 10 heteroatoms. The monoisotopic (exact) mass is 398 g/mol. The summed E-state index contributed by atoms with van der Waals surface area (Å²) in [6.45, 7) is 1.30. The van der Waals surface area contributed by atoms with E-state index in [-0.39, 0.29) is 35.0 Å². The van der Waals surface area contributed by atoms with Gasteiger partial charge in [0.1, 0.15) is 5.69 Å². The van der Waals surface area contributed by atoms with Crippen LogP contribution in [0.3, 0.4) is 0 Å². The molecule has 0 bridgehead atoms. The zero-order valence-corrected chi connectivity index (χ0v) is 15.3. The van der Waals surface area contributed by atoms with Crippen LogP contribution in [0.2, 0.25) is 0 Å². The number of halogens is 2. The van der Waals surface area contributed by atoms with Crippen molar-refractivity contribution in [2.24, 2.45) is 5.84 Å². The summed E-state index contributed by atoms with van der Waals surface area (Å²) in [6.07, 6.45) is 8.14. The van der Waals surface area contributed by atoms with Gasteiger partial charge in [0.05, 0.1) is 35.5 Å². The lowest BCUT2D eigenvalue weighted by Crippen LogP contribution is -2.44. The van der Waals surface area contributed by atoms with Gasteiger partial charge in [-0.2, -0.15) is 0 Å². The van der Waals surface area contributed by atoms with Crippen LogP contribution in [0.25, 0.3) is 5.69 Å². The number of nitrogens with two attached hydrogens (primary N) is 2. The Bertz CT molecular complexity index is 1240. The molecular weight excluding hydrogens is 382 g/mol. The summed E-state index contributed by atoms with van der Waals surface area (Å²) in [6, 6.07) is 4.55. The Morgan fingerprint density at radius 3 is 2.59 bits per heavy atom. The molecule has 0 radical (unpaired) electrons. The van der Waals surface area contributed by atoms with Gasteiger partial charge in [-0.05, 0) is 19.1 Å². The Hall–Kier alpha value is -3.97. The molecule has 2 heterocycles. The van der Waals surface area contributed by atoms with Crippen molar-refractivity contribution in [2.75, 3.05) is 10.7 Å². The number of anilines is 3. The third-order valence-corrected chi connectivity index (χ3v) is 4.30. The number of hydrogen-bond donors (Lipinski definition) is 2. The highest BCUT2D eigenvalue weighted by molar-refractivity contribution is 5.74. The number of hydrogen-bond acceptors (Lipinski definition) is 6. The van der Waals surface area contributed by atoms with Gasteiger partial charge in [0.2, 0.25) is 0 Å². The first-order valence-corrected chi connectivity index (χ1v) is 8.27. The van der Waals surface area contributed by atoms with E-state index in [1.807, 2.05) is 0 Å². The second-order valence-electron chi connectivity index (χ2n) is 6.05. The second-order valence-corrected chi connectivity index (χ2v) is 6.05. The van der Waals surface area contributed by atoms with E-state index < -0.39 is 22.9 Å². The van der Waals surface area contributed by atoms with Crippen molar-refractivity contribution in [2.45, 2.75) is 13.5 Å². The maximum absolute atomic E-state index is 13.8. The van der Waals surface area contributed by atoms with E-state index >= 15 is 0 Å². The highest BCUT2D eigenvalue weighted by Gasteiger charge is 2.23. The molecule has 0 spiro atoms. The first-order valence-electron chi connectivity index (χ1n) is 8.27. The lowest BCUT2D eigenvalue weighted by molar-refractivity contribution is 0.509. The first-order chi connectivity index (χ1) is 13.8. The fourth-order valence-electron chi connectivity index (χ4n) is 2.89. The lowest BCUT2D eigenvalue weighted by atomic mass is 10.2. The molecule has 29 heavy (non-hydrogen) atoms. The summed E-state index contributed by atoms with van der Waals surface area (Å²) in [5, 5.41) is 0.800. The van der Waals surface area contributed by atoms with Gasteiger partial charge >= 0.3 is 5.69 Å². The number of benzene rings is 1. The summed E-state index contributed by atoms with van der Waals surface area (Å²) in [5.41, 5.74) is 4.01. The summed E-state index contributed by atoms with van der Waals surface area (Å²) in [7, 11) is 0. The number of pyridine rings is 1. The van der Waals surface area contributed by atoms with Gasteiger partial charge in [0.15, 0.2) is 11.6 Å². The van der Waals surface area contributed by atoms with Crippen molar-refractivity contribution < 1.29 is 8.78 Å². The van der Waals surface area contributed by atoms with Crippen LogP contribution in [0.15, 0.2) is 46.2 Å². The molecule has 148 valence electrons. The van der Waals surface area contributed by atoms with E-state index in [1.165, 1.54) is 25.4 Å². The number of terminal acetylenes is 1. The van der Waals surface area contributed by atoms with Gasteiger partial charge in [0.25, 0.3) is 5.56 Å². The molecule has 0 aliphatic heterocycles. The molecule has 3 rings (SSSR count). The molecule has 2 aromatic heterocycles. The topological polar surface area (TPSA) is 112 Å². The number of hydrazine groups is 1. The van der Waals surface area contributed by atoms with Crippen LogP contribution < -0.4 is 27.8 Å². The minimum Gasteiger partial charge on any atom is -0.397 e. The summed E-state index contributed by atoms with van der Waals surface area (Å²) < 4.78 is 29.2. The van der Waals surface area contributed by atoms with Crippen LogP contribution in [0.1, 0.15) is 5.69 Å². The Balaban J connectivity index is 2.36. The smallest absolute Gasteiger partial charge is 0.336 e. The van der Waals surface area contributed by atoms with Gasteiger partial charge < -0.3 is 5.73 Å². The van der Waals surface area contributed by atoms with E-state index in [1.54, 1.807) is 6.07 Å². The largest absolute Gasteiger partial charge is 0.397 e. The van der Waals surface area contributed by atoms with Gasteiger partial charge in [-0.1, -0.05) is 5.92 Å². The Morgan fingerprint density at radius 1 is 1.28 bits per heavy atom. The molecule has 0 saturated heterocycles. The average Bonchev–Trinajstić information content (AvgIpc) is 2.68. The maximum Gasteiger partial charge on any atom is 0.336 e. The van der Waals surface area contributed by atoms with Gasteiger partial charge in [-0.3, -0.25) is 19.4 Å². The molecule has 0 aliphatic rings. The van der Waals surface area contributed by atoms with Crippen molar-refractivity contribution in [3.8, 4) is 18.0 Å². The summed E-state index contributed by atoms with van der Waals surface area (Å²) >= 11 is 0. The number of nitrogen functional groups attached to an aromatic ring is 1. The molecule has 0 atom stereocenters. The van der Waals surface area contributed by atoms with Crippen molar-refractivity contribution in [3.63, 3.8) is 0 Å².